The minimum absolute atomic E-state index is 0.504. The summed E-state index contributed by atoms with van der Waals surface area (Å²) in [5.74, 6) is 0.598. The van der Waals surface area contributed by atoms with Crippen molar-refractivity contribution in [3.05, 3.63) is 12.5 Å². The Morgan fingerprint density at radius 3 is 2.90 bits per heavy atom. The summed E-state index contributed by atoms with van der Waals surface area (Å²) >= 11 is 0. The highest BCUT2D eigenvalue weighted by Gasteiger charge is 2.00. The van der Waals surface area contributed by atoms with Crippen molar-refractivity contribution in [1.29, 1.82) is 0 Å². The third kappa shape index (κ3) is 1.29. The van der Waals surface area contributed by atoms with Gasteiger partial charge in [-0.2, -0.15) is 0 Å². The maximum atomic E-state index is 5.44. The zero-order valence-electron chi connectivity index (χ0n) is 6.41. The fourth-order valence-corrected chi connectivity index (χ4v) is 0.805. The van der Waals surface area contributed by atoms with Crippen molar-refractivity contribution in [2.45, 2.75) is 26.3 Å². The van der Waals surface area contributed by atoms with E-state index in [2.05, 4.69) is 18.8 Å². The molecule has 0 saturated carbocycles. The van der Waals surface area contributed by atoms with E-state index in [4.69, 9.17) is 5.73 Å². The van der Waals surface area contributed by atoms with E-state index in [-0.39, 0.29) is 0 Å². The molecule has 2 N–H and O–H groups in total. The molecule has 1 aromatic heterocycles. The average molecular weight is 139 g/mol. The van der Waals surface area contributed by atoms with E-state index in [0.29, 0.717) is 11.9 Å². The van der Waals surface area contributed by atoms with Gasteiger partial charge >= 0.3 is 0 Å². The second-order valence-corrected chi connectivity index (χ2v) is 2.50. The number of rotatable bonds is 2. The van der Waals surface area contributed by atoms with Gasteiger partial charge in [0.25, 0.3) is 0 Å². The second kappa shape index (κ2) is 2.73. The highest BCUT2D eigenvalue weighted by Crippen LogP contribution is 2.10. The van der Waals surface area contributed by atoms with Crippen LogP contribution in [0, 0.1) is 0 Å². The lowest BCUT2D eigenvalue weighted by molar-refractivity contribution is 0.530. The van der Waals surface area contributed by atoms with Gasteiger partial charge in [0.05, 0.1) is 6.33 Å². The first-order valence-electron chi connectivity index (χ1n) is 3.53. The topological polar surface area (TPSA) is 43.8 Å². The highest BCUT2D eigenvalue weighted by atomic mass is 15.1. The van der Waals surface area contributed by atoms with Gasteiger partial charge in [0.2, 0.25) is 0 Å². The van der Waals surface area contributed by atoms with Gasteiger partial charge in [-0.15, -0.1) is 0 Å². The van der Waals surface area contributed by atoms with E-state index in [9.17, 15) is 0 Å². The predicted octanol–water partition coefficient (Wildman–Crippen LogP) is 1.44. The molecule has 0 spiro atoms. The molecule has 0 saturated heterocycles. The molecule has 0 fully saturated rings. The van der Waals surface area contributed by atoms with Crippen molar-refractivity contribution in [2.24, 2.45) is 0 Å². The predicted molar refractivity (Wildman–Crippen MR) is 41.6 cm³/mol. The van der Waals surface area contributed by atoms with Gasteiger partial charge in [-0.25, -0.2) is 4.98 Å². The summed E-state index contributed by atoms with van der Waals surface area (Å²) in [5.41, 5.74) is 5.44. The van der Waals surface area contributed by atoms with Crippen LogP contribution in [0.2, 0.25) is 0 Å². The molecule has 56 valence electrons. The third-order valence-electron chi connectivity index (χ3n) is 1.72. The van der Waals surface area contributed by atoms with Crippen LogP contribution in [-0.2, 0) is 0 Å². The molecule has 0 aromatic carbocycles. The van der Waals surface area contributed by atoms with Crippen LogP contribution in [0.4, 0.5) is 5.82 Å². The molecule has 0 aliphatic heterocycles. The minimum Gasteiger partial charge on any atom is -0.382 e. The average Bonchev–Trinajstić information content (AvgIpc) is 2.34. The van der Waals surface area contributed by atoms with E-state index in [0.717, 1.165) is 6.42 Å². The van der Waals surface area contributed by atoms with Gasteiger partial charge in [0.1, 0.15) is 5.82 Å². The fraction of sp³-hybridized carbons (Fsp3) is 0.571. The highest BCUT2D eigenvalue weighted by molar-refractivity contribution is 5.22. The van der Waals surface area contributed by atoms with Gasteiger partial charge in [0, 0.05) is 12.2 Å². The first-order chi connectivity index (χ1) is 4.74. The first kappa shape index (κ1) is 7.12. The van der Waals surface area contributed by atoms with Crippen molar-refractivity contribution in [3.63, 3.8) is 0 Å². The summed E-state index contributed by atoms with van der Waals surface area (Å²) in [7, 11) is 0. The van der Waals surface area contributed by atoms with Crippen LogP contribution in [-0.4, -0.2) is 9.55 Å². The Kier molecular flexibility index (Phi) is 1.94. The lowest BCUT2D eigenvalue weighted by atomic mass is 10.3. The van der Waals surface area contributed by atoms with Crippen molar-refractivity contribution in [2.75, 3.05) is 5.73 Å². The number of nitrogens with zero attached hydrogens (tertiary/aromatic N) is 2. The molecule has 0 amide bonds. The summed E-state index contributed by atoms with van der Waals surface area (Å²) in [6, 6.07) is 0.504. The van der Waals surface area contributed by atoms with Gasteiger partial charge in [0.15, 0.2) is 0 Å². The number of imidazole rings is 1. The number of hydrogen-bond donors (Lipinski definition) is 1. The molecule has 1 rings (SSSR count). The number of hydrogen-bond acceptors (Lipinski definition) is 2. The SMILES string of the molecule is CCC(C)n1cnc(N)c1. The molecule has 1 aromatic rings. The summed E-state index contributed by atoms with van der Waals surface area (Å²) in [4.78, 5) is 3.93. The van der Waals surface area contributed by atoms with Crippen LogP contribution in [0.3, 0.4) is 0 Å². The van der Waals surface area contributed by atoms with Crippen molar-refractivity contribution in [3.8, 4) is 0 Å². The minimum atomic E-state index is 0.504. The second-order valence-electron chi connectivity index (χ2n) is 2.50. The first-order valence-corrected chi connectivity index (χ1v) is 3.53. The van der Waals surface area contributed by atoms with E-state index in [1.165, 1.54) is 0 Å². The molecular formula is C7H13N3. The van der Waals surface area contributed by atoms with E-state index in [1.807, 2.05) is 10.8 Å². The Morgan fingerprint density at radius 1 is 1.80 bits per heavy atom. The van der Waals surface area contributed by atoms with Gasteiger partial charge in [-0.05, 0) is 13.3 Å². The quantitative estimate of drug-likeness (QED) is 0.673. The summed E-state index contributed by atoms with van der Waals surface area (Å²) in [6.07, 6.45) is 4.73. The van der Waals surface area contributed by atoms with Gasteiger partial charge in [-0.3, -0.25) is 0 Å². The lowest BCUT2D eigenvalue weighted by Crippen LogP contribution is -1.99. The standard InChI is InChI=1S/C7H13N3/c1-3-6(2)10-4-7(8)9-5-10/h4-6H,3,8H2,1-2H3. The molecule has 0 aliphatic rings. The third-order valence-corrected chi connectivity index (χ3v) is 1.72. The molecule has 0 aliphatic carbocycles. The van der Waals surface area contributed by atoms with Crippen molar-refractivity contribution >= 4 is 5.82 Å². The molecule has 3 nitrogen and oxygen atoms in total. The van der Waals surface area contributed by atoms with E-state index >= 15 is 0 Å². The largest absolute Gasteiger partial charge is 0.382 e. The van der Waals surface area contributed by atoms with Crippen LogP contribution >= 0.6 is 0 Å². The van der Waals surface area contributed by atoms with Crippen molar-refractivity contribution < 1.29 is 0 Å². The molecule has 0 radical (unpaired) electrons. The van der Waals surface area contributed by atoms with Crippen LogP contribution < -0.4 is 5.73 Å². The zero-order chi connectivity index (χ0) is 7.56. The van der Waals surface area contributed by atoms with Crippen molar-refractivity contribution in [1.82, 2.24) is 9.55 Å². The molecule has 0 bridgehead atoms. The molecule has 1 atom stereocenters. The maximum Gasteiger partial charge on any atom is 0.141 e. The Bertz CT molecular complexity index is 204. The Balaban J connectivity index is 2.74. The number of aromatic nitrogens is 2. The van der Waals surface area contributed by atoms with Crippen LogP contribution in [0.15, 0.2) is 12.5 Å². The normalized spacial score (nSPS) is 13.4. The molecule has 1 unspecified atom stereocenters. The summed E-state index contributed by atoms with van der Waals surface area (Å²) in [6.45, 7) is 4.28. The van der Waals surface area contributed by atoms with E-state index in [1.54, 1.807) is 6.33 Å². The Labute approximate surface area is 60.9 Å². The van der Waals surface area contributed by atoms with E-state index < -0.39 is 0 Å². The molecule has 3 heteroatoms. The van der Waals surface area contributed by atoms with Crippen LogP contribution in [0.1, 0.15) is 26.3 Å². The van der Waals surface area contributed by atoms with Crippen LogP contribution in [0.5, 0.6) is 0 Å². The summed E-state index contributed by atoms with van der Waals surface area (Å²) < 4.78 is 2.02. The smallest absolute Gasteiger partial charge is 0.141 e. The number of anilines is 1. The Morgan fingerprint density at radius 2 is 2.50 bits per heavy atom. The lowest BCUT2D eigenvalue weighted by Gasteiger charge is -2.07. The number of nitrogens with two attached hydrogens (primary N) is 1. The maximum absolute atomic E-state index is 5.44. The van der Waals surface area contributed by atoms with Crippen LogP contribution in [0.25, 0.3) is 0 Å². The number of nitrogen functional groups attached to an aromatic ring is 1. The van der Waals surface area contributed by atoms with Gasteiger partial charge < -0.3 is 10.3 Å². The Hall–Kier alpha value is -0.990. The monoisotopic (exact) mass is 139 g/mol. The molecule has 10 heavy (non-hydrogen) atoms. The van der Waals surface area contributed by atoms with Gasteiger partial charge in [-0.1, -0.05) is 6.92 Å². The molecular weight excluding hydrogens is 126 g/mol. The summed E-state index contributed by atoms with van der Waals surface area (Å²) in [5, 5.41) is 0. The molecule has 1 heterocycles. The fourth-order valence-electron chi connectivity index (χ4n) is 0.805. The zero-order valence-corrected chi connectivity index (χ0v) is 6.41.